The summed E-state index contributed by atoms with van der Waals surface area (Å²) >= 11 is 0. The number of anilines is 2. The van der Waals surface area contributed by atoms with Crippen molar-refractivity contribution >= 4 is 34.8 Å². The Bertz CT molecular complexity index is 1180. The molecule has 9 heteroatoms. The van der Waals surface area contributed by atoms with Crippen LogP contribution in [-0.2, 0) is 19.9 Å². The van der Waals surface area contributed by atoms with Crippen LogP contribution in [0.2, 0.25) is 0 Å². The van der Waals surface area contributed by atoms with Gasteiger partial charge >= 0.3 is 0 Å². The second kappa shape index (κ2) is 5.98. The van der Waals surface area contributed by atoms with E-state index in [2.05, 4.69) is 10.2 Å². The Balaban J connectivity index is 1.50. The van der Waals surface area contributed by atoms with Crippen LogP contribution in [0.5, 0.6) is 0 Å². The van der Waals surface area contributed by atoms with Crippen molar-refractivity contribution in [3.05, 3.63) is 64.2 Å². The van der Waals surface area contributed by atoms with Crippen LogP contribution < -0.4 is 10.2 Å². The summed E-state index contributed by atoms with van der Waals surface area (Å²) in [5.41, 5.74) is 0.385. The molecule has 2 aromatic rings. The van der Waals surface area contributed by atoms with E-state index in [1.165, 1.54) is 24.3 Å². The normalized spacial score (nSPS) is 31.2. The molecule has 4 heterocycles. The molecule has 1 spiro atoms. The lowest BCUT2D eigenvalue weighted by Gasteiger charge is -2.36. The average molecular weight is 418 g/mol. The number of carbonyl (C=O) groups excluding carboxylic acids is 3. The van der Waals surface area contributed by atoms with Crippen LogP contribution in [0.15, 0.2) is 48.5 Å². The summed E-state index contributed by atoms with van der Waals surface area (Å²) < 4.78 is 0. The van der Waals surface area contributed by atoms with Gasteiger partial charge in [0.05, 0.1) is 22.4 Å². The molecular formula is C22H18N4O5. The minimum atomic E-state index is -1.20. The highest BCUT2D eigenvalue weighted by Gasteiger charge is 2.74. The minimum Gasteiger partial charge on any atom is -0.324 e. The zero-order valence-corrected chi connectivity index (χ0v) is 16.4. The number of para-hydroxylation sites is 1. The number of nitro benzene ring substituents is 1. The Hall–Kier alpha value is -3.59. The van der Waals surface area contributed by atoms with E-state index >= 15 is 0 Å². The van der Waals surface area contributed by atoms with E-state index in [-0.39, 0.29) is 23.5 Å². The van der Waals surface area contributed by atoms with Crippen LogP contribution in [0.3, 0.4) is 0 Å². The molecule has 0 bridgehead atoms. The van der Waals surface area contributed by atoms with Crippen molar-refractivity contribution in [2.24, 2.45) is 11.8 Å². The smallest absolute Gasteiger partial charge is 0.269 e. The number of non-ortho nitro benzene ring substituents is 1. The number of hydrogen-bond acceptors (Lipinski definition) is 6. The molecule has 6 rings (SSSR count). The number of nitrogens with one attached hydrogen (secondary N) is 1. The van der Waals surface area contributed by atoms with Crippen molar-refractivity contribution in [1.29, 1.82) is 0 Å². The number of rotatable bonds is 2. The molecule has 0 radical (unpaired) electrons. The summed E-state index contributed by atoms with van der Waals surface area (Å²) in [5.74, 6) is -2.48. The molecule has 0 aliphatic carbocycles. The molecule has 3 saturated heterocycles. The van der Waals surface area contributed by atoms with Crippen molar-refractivity contribution in [1.82, 2.24) is 4.90 Å². The Kier molecular flexibility index (Phi) is 3.51. The summed E-state index contributed by atoms with van der Waals surface area (Å²) in [6, 6.07) is 12.5. The van der Waals surface area contributed by atoms with Gasteiger partial charge in [0.15, 0.2) is 0 Å². The van der Waals surface area contributed by atoms with Crippen LogP contribution >= 0.6 is 0 Å². The first-order valence-electron chi connectivity index (χ1n) is 10.3. The highest BCUT2D eigenvalue weighted by molar-refractivity contribution is 6.25. The van der Waals surface area contributed by atoms with E-state index in [0.717, 1.165) is 23.3 Å². The van der Waals surface area contributed by atoms with Gasteiger partial charge in [-0.1, -0.05) is 18.2 Å². The van der Waals surface area contributed by atoms with Gasteiger partial charge in [0.25, 0.3) is 5.69 Å². The summed E-state index contributed by atoms with van der Waals surface area (Å²) in [5, 5.41) is 13.9. The standard InChI is InChI=1S/C22H18N4O5/c27-19-17-16-6-3-11-24(16)22(14-4-1-2-5-15(14)23-21(22)29)18(17)20(28)25(19)12-7-9-13(10-8-12)26(30)31/h1-2,4-5,7-10,16-18H,3,6,11H2,(H,23,29)/t16-,17+,18+,22+/m0/s1. The molecule has 1 N–H and O–H groups in total. The topological polar surface area (TPSA) is 113 Å². The van der Waals surface area contributed by atoms with E-state index in [4.69, 9.17) is 0 Å². The first-order chi connectivity index (χ1) is 15.0. The number of fused-ring (bicyclic) bond motifs is 7. The Morgan fingerprint density at radius 3 is 2.52 bits per heavy atom. The fourth-order valence-electron chi connectivity index (χ4n) is 6.14. The molecule has 0 saturated carbocycles. The molecule has 2 aromatic carbocycles. The van der Waals surface area contributed by atoms with E-state index < -0.39 is 28.2 Å². The summed E-state index contributed by atoms with van der Waals surface area (Å²) in [6.07, 6.45) is 1.59. The maximum absolute atomic E-state index is 13.7. The van der Waals surface area contributed by atoms with Crippen molar-refractivity contribution in [3.8, 4) is 0 Å². The SMILES string of the molecule is O=C1[C@@H]2[C@@H]3CCCN3[C@@]3(C(=O)Nc4ccccc43)[C@H]2C(=O)N1c1ccc([N+](=O)[O-])cc1. The number of hydrogen-bond donors (Lipinski definition) is 1. The number of amides is 3. The minimum absolute atomic E-state index is 0.120. The summed E-state index contributed by atoms with van der Waals surface area (Å²) in [7, 11) is 0. The number of nitrogens with zero attached hydrogens (tertiary/aromatic N) is 3. The fourth-order valence-corrected chi connectivity index (χ4v) is 6.14. The Morgan fingerprint density at radius 1 is 1.03 bits per heavy atom. The van der Waals surface area contributed by atoms with Crippen LogP contribution in [0.25, 0.3) is 0 Å². The van der Waals surface area contributed by atoms with Crippen molar-refractivity contribution in [2.75, 3.05) is 16.8 Å². The summed E-state index contributed by atoms with van der Waals surface area (Å²) in [6.45, 7) is 0.650. The van der Waals surface area contributed by atoms with Crippen molar-refractivity contribution < 1.29 is 19.3 Å². The predicted octanol–water partition coefficient (Wildman–Crippen LogP) is 2.03. The molecular weight excluding hydrogens is 400 g/mol. The first-order valence-corrected chi connectivity index (χ1v) is 10.3. The van der Waals surface area contributed by atoms with Gasteiger partial charge in [-0.3, -0.25) is 29.4 Å². The highest BCUT2D eigenvalue weighted by atomic mass is 16.6. The van der Waals surface area contributed by atoms with Gasteiger partial charge in [-0.15, -0.1) is 0 Å². The van der Waals surface area contributed by atoms with Crippen molar-refractivity contribution in [2.45, 2.75) is 24.4 Å². The number of imide groups is 1. The van der Waals surface area contributed by atoms with E-state index in [9.17, 15) is 24.5 Å². The number of nitro groups is 1. The molecule has 4 atom stereocenters. The van der Waals surface area contributed by atoms with Crippen LogP contribution in [0.1, 0.15) is 18.4 Å². The molecule has 3 amide bonds. The van der Waals surface area contributed by atoms with E-state index in [1.54, 1.807) is 0 Å². The molecule has 31 heavy (non-hydrogen) atoms. The second-order valence-corrected chi connectivity index (χ2v) is 8.46. The largest absolute Gasteiger partial charge is 0.324 e. The van der Waals surface area contributed by atoms with E-state index in [0.29, 0.717) is 17.9 Å². The maximum atomic E-state index is 13.7. The van der Waals surface area contributed by atoms with Crippen molar-refractivity contribution in [3.63, 3.8) is 0 Å². The summed E-state index contributed by atoms with van der Waals surface area (Å²) in [4.78, 5) is 54.3. The molecule has 0 unspecified atom stereocenters. The monoisotopic (exact) mass is 418 g/mol. The zero-order chi connectivity index (χ0) is 21.5. The van der Waals surface area contributed by atoms with Crippen LogP contribution in [-0.4, -0.2) is 40.1 Å². The fraction of sp³-hybridized carbons (Fsp3) is 0.318. The van der Waals surface area contributed by atoms with Gasteiger partial charge in [-0.05, 0) is 37.6 Å². The van der Waals surface area contributed by atoms with Gasteiger partial charge in [0, 0.05) is 29.4 Å². The second-order valence-electron chi connectivity index (χ2n) is 8.46. The molecule has 156 valence electrons. The van der Waals surface area contributed by atoms with Gasteiger partial charge in [-0.2, -0.15) is 0 Å². The van der Waals surface area contributed by atoms with Crippen LogP contribution in [0.4, 0.5) is 17.1 Å². The quantitative estimate of drug-likeness (QED) is 0.454. The van der Waals surface area contributed by atoms with Gasteiger partial charge < -0.3 is 5.32 Å². The molecule has 0 aromatic heterocycles. The first kappa shape index (κ1) is 18.2. The number of carbonyl (C=O) groups is 3. The predicted molar refractivity (Wildman–Crippen MR) is 109 cm³/mol. The Morgan fingerprint density at radius 2 is 1.77 bits per heavy atom. The Labute approximate surface area is 176 Å². The molecule has 4 aliphatic rings. The molecule has 4 aliphatic heterocycles. The lowest BCUT2D eigenvalue weighted by atomic mass is 9.75. The number of benzene rings is 2. The average Bonchev–Trinajstić information content (AvgIpc) is 3.46. The zero-order valence-electron chi connectivity index (χ0n) is 16.4. The maximum Gasteiger partial charge on any atom is 0.269 e. The van der Waals surface area contributed by atoms with E-state index in [1.807, 2.05) is 24.3 Å². The van der Waals surface area contributed by atoms with Gasteiger partial charge in [0.2, 0.25) is 17.7 Å². The third-order valence-corrected chi connectivity index (χ3v) is 7.22. The van der Waals surface area contributed by atoms with Gasteiger partial charge in [0.1, 0.15) is 5.54 Å². The lowest BCUT2D eigenvalue weighted by Crippen LogP contribution is -2.54. The van der Waals surface area contributed by atoms with Crippen LogP contribution in [0, 0.1) is 22.0 Å². The third-order valence-electron chi connectivity index (χ3n) is 7.22. The van der Waals surface area contributed by atoms with Gasteiger partial charge in [-0.25, -0.2) is 4.90 Å². The third kappa shape index (κ3) is 2.06. The molecule has 3 fully saturated rings. The highest BCUT2D eigenvalue weighted by Crippen LogP contribution is 2.60. The molecule has 9 nitrogen and oxygen atoms in total. The lowest BCUT2D eigenvalue weighted by molar-refractivity contribution is -0.384.